The first kappa shape index (κ1) is 14.9. The largest absolute Gasteiger partial charge is 0.416 e. The summed E-state index contributed by atoms with van der Waals surface area (Å²) in [6.07, 6.45) is -4.39. The Morgan fingerprint density at radius 2 is 1.33 bits per heavy atom. The molecule has 1 rings (SSSR count). The molecule has 0 aromatic heterocycles. The lowest BCUT2D eigenvalue weighted by Crippen LogP contribution is -2.36. The quantitative estimate of drug-likeness (QED) is 0.886. The van der Waals surface area contributed by atoms with Crippen molar-refractivity contribution >= 4 is 0 Å². The second-order valence-corrected chi connectivity index (χ2v) is 3.97. The molecule has 1 aromatic rings. The molecule has 1 N–H and O–H groups in total. The molecule has 1 aromatic carbocycles. The van der Waals surface area contributed by atoms with Crippen LogP contribution >= 0.6 is 0 Å². The van der Waals surface area contributed by atoms with Crippen molar-refractivity contribution in [2.45, 2.75) is 11.8 Å². The molecule has 0 unspecified atom stereocenters. The van der Waals surface area contributed by atoms with Crippen LogP contribution in [-0.4, -0.2) is 32.5 Å². The lowest BCUT2D eigenvalue weighted by molar-refractivity contribution is -0.137. The van der Waals surface area contributed by atoms with Crippen LogP contribution in [0.1, 0.15) is 11.1 Å². The summed E-state index contributed by atoms with van der Waals surface area (Å²) in [6.45, 7) is -0.127. The van der Waals surface area contributed by atoms with Gasteiger partial charge in [0, 0.05) is 14.2 Å². The van der Waals surface area contributed by atoms with Crippen molar-refractivity contribution in [3.8, 4) is 0 Å². The molecule has 102 valence electrons. The number of benzene rings is 1. The highest BCUT2D eigenvalue weighted by Crippen LogP contribution is 2.31. The van der Waals surface area contributed by atoms with Gasteiger partial charge in [-0.1, -0.05) is 12.1 Å². The Bertz CT molecular complexity index is 367. The zero-order chi connectivity index (χ0) is 13.8. The zero-order valence-corrected chi connectivity index (χ0v) is 10.1. The first-order valence-corrected chi connectivity index (χ1v) is 5.21. The molecule has 0 heterocycles. The Labute approximate surface area is 103 Å². The van der Waals surface area contributed by atoms with Crippen LogP contribution < -0.4 is 0 Å². The summed E-state index contributed by atoms with van der Waals surface area (Å²) in [5, 5.41) is 10.2. The zero-order valence-electron chi connectivity index (χ0n) is 10.1. The maximum atomic E-state index is 12.4. The van der Waals surface area contributed by atoms with Crippen molar-refractivity contribution in [3.05, 3.63) is 35.4 Å². The molecule has 3 nitrogen and oxygen atoms in total. The number of methoxy groups -OCH3 is 2. The van der Waals surface area contributed by atoms with Gasteiger partial charge in [-0.2, -0.15) is 13.2 Å². The Kier molecular flexibility index (Phi) is 4.72. The Morgan fingerprint density at radius 1 is 0.944 bits per heavy atom. The van der Waals surface area contributed by atoms with Crippen LogP contribution in [0.4, 0.5) is 13.2 Å². The lowest BCUT2D eigenvalue weighted by Gasteiger charge is -2.27. The van der Waals surface area contributed by atoms with E-state index >= 15 is 0 Å². The van der Waals surface area contributed by atoms with Crippen molar-refractivity contribution in [2.24, 2.45) is 0 Å². The van der Waals surface area contributed by atoms with E-state index in [0.29, 0.717) is 5.56 Å². The van der Waals surface area contributed by atoms with Gasteiger partial charge in [0.05, 0.1) is 18.8 Å². The molecule has 0 aliphatic rings. The molecule has 0 radical (unpaired) electrons. The number of rotatable bonds is 5. The van der Waals surface area contributed by atoms with Gasteiger partial charge in [0.2, 0.25) is 0 Å². The highest BCUT2D eigenvalue weighted by atomic mass is 19.4. The van der Waals surface area contributed by atoms with Gasteiger partial charge >= 0.3 is 6.18 Å². The third-order valence-corrected chi connectivity index (χ3v) is 2.52. The average molecular weight is 264 g/mol. The summed E-state index contributed by atoms with van der Waals surface area (Å²) in [7, 11) is 2.79. The van der Waals surface area contributed by atoms with Gasteiger partial charge in [0.25, 0.3) is 0 Å². The standard InChI is InChI=1S/C12H15F3O3/c1-17-7-11(16,8-18-2)9-3-5-10(6-4-9)12(13,14)15/h3-6,16H,7-8H2,1-2H3. The molecule has 0 aliphatic heterocycles. The van der Waals surface area contributed by atoms with E-state index in [1.165, 1.54) is 26.4 Å². The highest BCUT2D eigenvalue weighted by Gasteiger charge is 2.33. The van der Waals surface area contributed by atoms with E-state index in [1.807, 2.05) is 0 Å². The molecule has 0 saturated heterocycles. The monoisotopic (exact) mass is 264 g/mol. The van der Waals surface area contributed by atoms with Gasteiger partial charge < -0.3 is 14.6 Å². The van der Waals surface area contributed by atoms with Crippen LogP contribution in [0.2, 0.25) is 0 Å². The van der Waals surface area contributed by atoms with E-state index < -0.39 is 17.3 Å². The summed E-state index contributed by atoms with van der Waals surface area (Å²) in [5.74, 6) is 0. The van der Waals surface area contributed by atoms with E-state index in [1.54, 1.807) is 0 Å². The maximum absolute atomic E-state index is 12.4. The molecule has 0 spiro atoms. The van der Waals surface area contributed by atoms with Crippen LogP contribution in [0.3, 0.4) is 0 Å². The predicted octanol–water partition coefficient (Wildman–Crippen LogP) is 2.19. The SMILES string of the molecule is COCC(O)(COC)c1ccc(C(F)(F)F)cc1. The van der Waals surface area contributed by atoms with E-state index in [-0.39, 0.29) is 13.2 Å². The molecule has 0 aliphatic carbocycles. The van der Waals surface area contributed by atoms with Gasteiger partial charge in [-0.15, -0.1) is 0 Å². The fraction of sp³-hybridized carbons (Fsp3) is 0.500. The first-order valence-electron chi connectivity index (χ1n) is 5.21. The van der Waals surface area contributed by atoms with Crippen molar-refractivity contribution in [2.75, 3.05) is 27.4 Å². The summed E-state index contributed by atoms with van der Waals surface area (Å²) < 4.78 is 46.9. The van der Waals surface area contributed by atoms with Gasteiger partial charge in [-0.05, 0) is 17.7 Å². The topological polar surface area (TPSA) is 38.7 Å². The van der Waals surface area contributed by atoms with E-state index in [4.69, 9.17) is 9.47 Å². The number of aliphatic hydroxyl groups is 1. The fourth-order valence-electron chi connectivity index (χ4n) is 1.66. The smallest absolute Gasteiger partial charge is 0.381 e. The van der Waals surface area contributed by atoms with Gasteiger partial charge in [-0.3, -0.25) is 0 Å². The summed E-state index contributed by atoms with van der Waals surface area (Å²) >= 11 is 0. The lowest BCUT2D eigenvalue weighted by atomic mass is 9.94. The van der Waals surface area contributed by atoms with Gasteiger partial charge in [0.1, 0.15) is 5.60 Å². The normalized spacial score (nSPS) is 12.8. The van der Waals surface area contributed by atoms with E-state index in [9.17, 15) is 18.3 Å². The molecular weight excluding hydrogens is 249 g/mol. The van der Waals surface area contributed by atoms with E-state index in [0.717, 1.165) is 12.1 Å². The van der Waals surface area contributed by atoms with Crippen molar-refractivity contribution in [1.29, 1.82) is 0 Å². The Balaban J connectivity index is 3.01. The predicted molar refractivity (Wildman–Crippen MR) is 59.1 cm³/mol. The summed E-state index contributed by atoms with van der Waals surface area (Å²) in [4.78, 5) is 0. The molecule has 0 amide bonds. The molecule has 18 heavy (non-hydrogen) atoms. The second kappa shape index (κ2) is 5.69. The average Bonchev–Trinajstić information content (AvgIpc) is 2.29. The third kappa shape index (κ3) is 3.44. The highest BCUT2D eigenvalue weighted by molar-refractivity contribution is 5.29. The van der Waals surface area contributed by atoms with Crippen LogP contribution in [0.5, 0.6) is 0 Å². The molecule has 0 atom stereocenters. The van der Waals surface area contributed by atoms with Crippen LogP contribution in [-0.2, 0) is 21.3 Å². The molecule has 0 bridgehead atoms. The molecule has 6 heteroatoms. The maximum Gasteiger partial charge on any atom is 0.416 e. The van der Waals surface area contributed by atoms with Crippen LogP contribution in [0.15, 0.2) is 24.3 Å². The fourth-order valence-corrected chi connectivity index (χ4v) is 1.66. The minimum Gasteiger partial charge on any atom is -0.381 e. The minimum atomic E-state index is -4.39. The number of hydrogen-bond donors (Lipinski definition) is 1. The van der Waals surface area contributed by atoms with Gasteiger partial charge in [-0.25, -0.2) is 0 Å². The molecule has 0 fully saturated rings. The first-order chi connectivity index (χ1) is 8.33. The van der Waals surface area contributed by atoms with Crippen molar-refractivity contribution in [3.63, 3.8) is 0 Å². The molecular formula is C12H15F3O3. The second-order valence-electron chi connectivity index (χ2n) is 3.97. The van der Waals surface area contributed by atoms with Crippen molar-refractivity contribution in [1.82, 2.24) is 0 Å². The number of ether oxygens (including phenoxy) is 2. The summed E-state index contributed by atoms with van der Waals surface area (Å²) in [6, 6.07) is 4.29. The Morgan fingerprint density at radius 3 is 1.67 bits per heavy atom. The molecule has 0 saturated carbocycles. The van der Waals surface area contributed by atoms with E-state index in [2.05, 4.69) is 0 Å². The number of halogens is 3. The Hall–Kier alpha value is -1.11. The number of alkyl halides is 3. The van der Waals surface area contributed by atoms with Crippen LogP contribution in [0, 0.1) is 0 Å². The van der Waals surface area contributed by atoms with Crippen molar-refractivity contribution < 1.29 is 27.8 Å². The van der Waals surface area contributed by atoms with Crippen LogP contribution in [0.25, 0.3) is 0 Å². The number of hydrogen-bond acceptors (Lipinski definition) is 3. The summed E-state index contributed by atoms with van der Waals surface area (Å²) in [5.41, 5.74) is -1.89. The third-order valence-electron chi connectivity index (χ3n) is 2.52. The minimum absolute atomic E-state index is 0.0633. The van der Waals surface area contributed by atoms with Gasteiger partial charge in [0.15, 0.2) is 0 Å².